The molecule has 0 aliphatic carbocycles. The number of pyridine rings is 2. The van der Waals surface area contributed by atoms with E-state index in [0.29, 0.717) is 17.1 Å². The predicted molar refractivity (Wildman–Crippen MR) is 88.1 cm³/mol. The van der Waals surface area contributed by atoms with E-state index in [1.165, 1.54) is 18.5 Å². The van der Waals surface area contributed by atoms with Gasteiger partial charge < -0.3 is 10.1 Å². The van der Waals surface area contributed by atoms with Crippen molar-refractivity contribution < 1.29 is 13.9 Å². The average molecular weight is 340 g/mol. The van der Waals surface area contributed by atoms with E-state index in [4.69, 9.17) is 4.74 Å². The first-order chi connectivity index (χ1) is 12.1. The van der Waals surface area contributed by atoms with Gasteiger partial charge in [-0.25, -0.2) is 29.1 Å². The summed E-state index contributed by atoms with van der Waals surface area (Å²) >= 11 is 0. The molecule has 0 unspecified atom stereocenters. The normalized spacial score (nSPS) is 10.2. The standard InChI is InChI=1S/C16H13FN6O2/c1-10-2-4-13(22-12-7-18-9-19-8-12)15(21-10)25-16(24)23-14-5-3-11(17)6-20-14/h2-9,22H,1H3,(H,20,23,24). The number of hydrogen-bond donors (Lipinski definition) is 2. The summed E-state index contributed by atoms with van der Waals surface area (Å²) in [5.41, 5.74) is 1.73. The Morgan fingerprint density at radius 1 is 1.12 bits per heavy atom. The molecule has 0 aliphatic heterocycles. The van der Waals surface area contributed by atoms with Gasteiger partial charge in [0.2, 0.25) is 5.88 Å². The van der Waals surface area contributed by atoms with Crippen LogP contribution in [0.2, 0.25) is 0 Å². The van der Waals surface area contributed by atoms with Crippen molar-refractivity contribution in [1.82, 2.24) is 19.9 Å². The van der Waals surface area contributed by atoms with Crippen molar-refractivity contribution in [3.63, 3.8) is 0 Å². The van der Waals surface area contributed by atoms with Crippen LogP contribution in [-0.4, -0.2) is 26.0 Å². The Bertz CT molecular complexity index is 874. The van der Waals surface area contributed by atoms with Crippen molar-refractivity contribution in [2.24, 2.45) is 0 Å². The number of rotatable bonds is 4. The van der Waals surface area contributed by atoms with Gasteiger partial charge in [0.15, 0.2) is 0 Å². The van der Waals surface area contributed by atoms with Gasteiger partial charge in [-0.05, 0) is 31.2 Å². The SMILES string of the molecule is Cc1ccc(Nc2cncnc2)c(OC(=O)Nc2ccc(F)cn2)n1. The number of carbonyl (C=O) groups is 1. The van der Waals surface area contributed by atoms with E-state index in [-0.39, 0.29) is 11.7 Å². The Morgan fingerprint density at radius 2 is 1.92 bits per heavy atom. The molecule has 0 saturated heterocycles. The van der Waals surface area contributed by atoms with Crippen LogP contribution >= 0.6 is 0 Å². The minimum Gasteiger partial charge on any atom is -0.389 e. The third-order valence-electron chi connectivity index (χ3n) is 2.99. The van der Waals surface area contributed by atoms with E-state index >= 15 is 0 Å². The number of nitrogens with one attached hydrogen (secondary N) is 2. The van der Waals surface area contributed by atoms with Crippen LogP contribution in [0.5, 0.6) is 5.88 Å². The smallest absolute Gasteiger partial charge is 0.389 e. The van der Waals surface area contributed by atoms with E-state index in [2.05, 4.69) is 30.6 Å². The van der Waals surface area contributed by atoms with Gasteiger partial charge in [0.25, 0.3) is 0 Å². The molecule has 3 heterocycles. The summed E-state index contributed by atoms with van der Waals surface area (Å²) in [6.45, 7) is 1.77. The number of carbonyl (C=O) groups excluding carboxylic acids is 1. The number of aromatic nitrogens is 4. The molecule has 0 bridgehead atoms. The second kappa shape index (κ2) is 7.30. The van der Waals surface area contributed by atoms with Crippen molar-refractivity contribution in [2.75, 3.05) is 10.6 Å². The Balaban J connectivity index is 1.75. The third-order valence-corrected chi connectivity index (χ3v) is 2.99. The lowest BCUT2D eigenvalue weighted by Gasteiger charge is -2.12. The van der Waals surface area contributed by atoms with Gasteiger partial charge in [-0.3, -0.25) is 5.32 Å². The summed E-state index contributed by atoms with van der Waals surface area (Å²) in [5, 5.41) is 5.42. The maximum absolute atomic E-state index is 12.8. The van der Waals surface area contributed by atoms with Gasteiger partial charge in [0, 0.05) is 5.69 Å². The van der Waals surface area contributed by atoms with Crippen LogP contribution in [-0.2, 0) is 0 Å². The molecule has 3 rings (SSSR count). The largest absolute Gasteiger partial charge is 0.419 e. The van der Waals surface area contributed by atoms with Gasteiger partial charge in [-0.2, -0.15) is 0 Å². The van der Waals surface area contributed by atoms with Gasteiger partial charge in [-0.15, -0.1) is 0 Å². The van der Waals surface area contributed by atoms with Gasteiger partial charge in [-0.1, -0.05) is 0 Å². The fraction of sp³-hybridized carbons (Fsp3) is 0.0625. The van der Waals surface area contributed by atoms with E-state index < -0.39 is 11.9 Å². The molecule has 1 amide bonds. The molecule has 0 aliphatic rings. The van der Waals surface area contributed by atoms with Crippen LogP contribution in [0.25, 0.3) is 0 Å². The van der Waals surface area contributed by atoms with Crippen LogP contribution in [0.1, 0.15) is 5.69 Å². The zero-order valence-corrected chi connectivity index (χ0v) is 13.1. The van der Waals surface area contributed by atoms with E-state index in [1.54, 1.807) is 31.5 Å². The average Bonchev–Trinajstić information content (AvgIpc) is 2.60. The number of halogens is 1. The van der Waals surface area contributed by atoms with E-state index in [0.717, 1.165) is 6.20 Å². The van der Waals surface area contributed by atoms with Gasteiger partial charge >= 0.3 is 6.09 Å². The summed E-state index contributed by atoms with van der Waals surface area (Å²) in [6, 6.07) is 5.98. The molecule has 0 fully saturated rings. The summed E-state index contributed by atoms with van der Waals surface area (Å²) in [7, 11) is 0. The summed E-state index contributed by atoms with van der Waals surface area (Å²) < 4.78 is 18.1. The number of hydrogen-bond acceptors (Lipinski definition) is 7. The molecule has 9 heteroatoms. The van der Waals surface area contributed by atoms with Crippen molar-refractivity contribution in [1.29, 1.82) is 0 Å². The highest BCUT2D eigenvalue weighted by Gasteiger charge is 2.13. The Kier molecular flexibility index (Phi) is 4.74. The molecule has 0 atom stereocenters. The van der Waals surface area contributed by atoms with Crippen LogP contribution in [0.4, 0.5) is 26.4 Å². The Morgan fingerprint density at radius 3 is 2.64 bits per heavy atom. The topological polar surface area (TPSA) is 102 Å². The minimum atomic E-state index is -0.801. The van der Waals surface area contributed by atoms with Gasteiger partial charge in [0.05, 0.1) is 24.3 Å². The first kappa shape index (κ1) is 16.2. The lowest BCUT2D eigenvalue weighted by atomic mass is 10.3. The van der Waals surface area contributed by atoms with Gasteiger partial charge in [0.1, 0.15) is 23.6 Å². The van der Waals surface area contributed by atoms with Crippen molar-refractivity contribution in [3.05, 3.63) is 60.7 Å². The Hall–Kier alpha value is -3.62. The molecule has 3 aromatic rings. The quantitative estimate of drug-likeness (QED) is 0.752. The number of aryl methyl sites for hydroxylation is 1. The fourth-order valence-electron chi connectivity index (χ4n) is 1.89. The molecule has 3 aromatic heterocycles. The van der Waals surface area contributed by atoms with E-state index in [1.807, 2.05) is 0 Å². The highest BCUT2D eigenvalue weighted by molar-refractivity contribution is 5.86. The maximum atomic E-state index is 12.8. The first-order valence-electron chi connectivity index (χ1n) is 7.20. The fourth-order valence-corrected chi connectivity index (χ4v) is 1.89. The molecule has 0 spiro atoms. The molecular weight excluding hydrogens is 327 g/mol. The minimum absolute atomic E-state index is 0.0727. The van der Waals surface area contributed by atoms with Crippen molar-refractivity contribution in [2.45, 2.75) is 6.92 Å². The molecule has 2 N–H and O–H groups in total. The highest BCUT2D eigenvalue weighted by Crippen LogP contribution is 2.25. The van der Waals surface area contributed by atoms with Crippen LogP contribution in [0.3, 0.4) is 0 Å². The summed E-state index contributed by atoms with van der Waals surface area (Å²) in [6.07, 6.45) is 4.73. The second-order valence-electron chi connectivity index (χ2n) is 4.93. The molecule has 126 valence electrons. The first-order valence-corrected chi connectivity index (χ1v) is 7.20. The zero-order valence-electron chi connectivity index (χ0n) is 13.1. The lowest BCUT2D eigenvalue weighted by molar-refractivity contribution is 0.213. The van der Waals surface area contributed by atoms with Crippen LogP contribution in [0.15, 0.2) is 49.2 Å². The van der Waals surface area contributed by atoms with Crippen LogP contribution < -0.4 is 15.4 Å². The molecule has 0 radical (unpaired) electrons. The molecule has 0 aromatic carbocycles. The maximum Gasteiger partial charge on any atom is 0.419 e. The predicted octanol–water partition coefficient (Wildman–Crippen LogP) is 3.07. The highest BCUT2D eigenvalue weighted by atomic mass is 19.1. The summed E-state index contributed by atoms with van der Waals surface area (Å²) in [4.78, 5) is 27.7. The number of ether oxygens (including phenoxy) is 1. The third kappa shape index (κ3) is 4.44. The molecular formula is C16H13FN6O2. The Labute approximate surface area is 142 Å². The number of nitrogens with zero attached hydrogens (tertiary/aromatic N) is 4. The zero-order chi connectivity index (χ0) is 17.6. The lowest BCUT2D eigenvalue weighted by Crippen LogP contribution is -2.19. The van der Waals surface area contributed by atoms with Crippen LogP contribution in [0, 0.1) is 12.7 Å². The van der Waals surface area contributed by atoms with Crippen molar-refractivity contribution in [3.8, 4) is 5.88 Å². The van der Waals surface area contributed by atoms with Crippen molar-refractivity contribution >= 4 is 23.3 Å². The monoisotopic (exact) mass is 340 g/mol. The molecule has 0 saturated carbocycles. The second-order valence-corrected chi connectivity index (χ2v) is 4.93. The molecule has 8 nitrogen and oxygen atoms in total. The number of amides is 1. The summed E-state index contributed by atoms with van der Waals surface area (Å²) in [5.74, 6) is -0.274. The van der Waals surface area contributed by atoms with E-state index in [9.17, 15) is 9.18 Å². The number of anilines is 3. The molecule has 25 heavy (non-hydrogen) atoms.